The van der Waals surface area contributed by atoms with Crippen molar-refractivity contribution >= 4 is 17.5 Å². The van der Waals surface area contributed by atoms with Crippen LogP contribution >= 0.6 is 0 Å². The number of hydrogen-bond donors (Lipinski definition) is 1. The van der Waals surface area contributed by atoms with Crippen LogP contribution in [0.15, 0.2) is 24.3 Å². The highest BCUT2D eigenvalue weighted by molar-refractivity contribution is 5.76. The van der Waals surface area contributed by atoms with Crippen molar-refractivity contribution in [3.8, 4) is 0 Å². The lowest BCUT2D eigenvalue weighted by atomic mass is 9.97. The molecular weight excluding hydrogens is 342 g/mol. The van der Waals surface area contributed by atoms with Crippen LogP contribution in [0, 0.1) is 0 Å². The van der Waals surface area contributed by atoms with Gasteiger partial charge in [0.25, 0.3) is 6.47 Å². The zero-order chi connectivity index (χ0) is 19.7. The lowest BCUT2D eigenvalue weighted by Crippen LogP contribution is -2.28. The molecule has 0 amide bonds. The molecule has 1 fully saturated rings. The Bertz CT molecular complexity index is 700. The zero-order valence-corrected chi connectivity index (χ0v) is 17.0. The van der Waals surface area contributed by atoms with Crippen LogP contribution in [0.5, 0.6) is 0 Å². The van der Waals surface area contributed by atoms with Gasteiger partial charge >= 0.3 is 0 Å². The molecule has 1 N–H and O–H groups in total. The number of nitrogens with zero attached hydrogens (tertiary/aromatic N) is 2. The van der Waals surface area contributed by atoms with Gasteiger partial charge in [0.1, 0.15) is 11.4 Å². The summed E-state index contributed by atoms with van der Waals surface area (Å²) >= 11 is 0. The number of imidazole rings is 1. The highest BCUT2D eigenvalue weighted by Crippen LogP contribution is 2.28. The smallest absolute Gasteiger partial charge is 0.293 e. The fourth-order valence-corrected chi connectivity index (χ4v) is 3.17. The van der Waals surface area contributed by atoms with E-state index in [4.69, 9.17) is 9.72 Å². The largest absolute Gasteiger partial charge is 0.462 e. The van der Waals surface area contributed by atoms with Gasteiger partial charge in [-0.15, -0.1) is 0 Å². The number of benzene rings is 1. The first-order chi connectivity index (χ1) is 13.0. The van der Waals surface area contributed by atoms with Crippen molar-refractivity contribution in [1.82, 2.24) is 14.9 Å². The minimum atomic E-state index is -0.318. The van der Waals surface area contributed by atoms with Crippen molar-refractivity contribution in [2.24, 2.45) is 0 Å². The molecule has 1 aromatic carbocycles. The molecule has 6 nitrogen and oxygen atoms in total. The number of aromatic nitrogens is 2. The van der Waals surface area contributed by atoms with Crippen molar-refractivity contribution < 1.29 is 14.3 Å². The van der Waals surface area contributed by atoms with Crippen LogP contribution in [-0.2, 0) is 20.8 Å². The standard InChI is InChI=1S/C16H23N3O.C5H10O2/c1-2-20-12-11-19-15-6-4-3-5-14(15)18-16(19)13-7-9-17-10-8-13;1-5(2,3)7-4-6/h3-6,13,17H,2,7-12H2,1H3;4H,1-3H3. The van der Waals surface area contributed by atoms with E-state index >= 15 is 0 Å². The Morgan fingerprint density at radius 3 is 2.56 bits per heavy atom. The molecule has 0 aliphatic carbocycles. The molecule has 27 heavy (non-hydrogen) atoms. The monoisotopic (exact) mass is 375 g/mol. The number of nitrogens with one attached hydrogen (secondary N) is 1. The van der Waals surface area contributed by atoms with E-state index in [9.17, 15) is 4.79 Å². The van der Waals surface area contributed by atoms with Gasteiger partial charge in [0.2, 0.25) is 0 Å². The number of carbonyl (C=O) groups excluding carboxylic acids is 1. The lowest BCUT2D eigenvalue weighted by molar-refractivity contribution is -0.138. The van der Waals surface area contributed by atoms with Crippen molar-refractivity contribution in [2.45, 2.75) is 58.6 Å². The fraction of sp³-hybridized carbons (Fsp3) is 0.619. The quantitative estimate of drug-likeness (QED) is 0.618. The van der Waals surface area contributed by atoms with Crippen LogP contribution in [0.4, 0.5) is 0 Å². The van der Waals surface area contributed by atoms with Gasteiger partial charge in [-0.05, 0) is 65.8 Å². The third kappa shape index (κ3) is 6.63. The van der Waals surface area contributed by atoms with Crippen molar-refractivity contribution in [2.75, 3.05) is 26.3 Å². The normalized spacial score (nSPS) is 15.3. The summed E-state index contributed by atoms with van der Waals surface area (Å²) < 4.78 is 12.4. The summed E-state index contributed by atoms with van der Waals surface area (Å²) in [4.78, 5) is 14.5. The maximum Gasteiger partial charge on any atom is 0.293 e. The summed E-state index contributed by atoms with van der Waals surface area (Å²) in [7, 11) is 0. The number of rotatable bonds is 6. The maximum atomic E-state index is 9.60. The number of carbonyl (C=O) groups is 1. The van der Waals surface area contributed by atoms with E-state index in [-0.39, 0.29) is 5.60 Å². The molecule has 2 aromatic rings. The van der Waals surface area contributed by atoms with Gasteiger partial charge in [-0.25, -0.2) is 4.98 Å². The number of fused-ring (bicyclic) bond motifs is 1. The lowest BCUT2D eigenvalue weighted by Gasteiger charge is -2.23. The second-order valence-electron chi connectivity index (χ2n) is 7.66. The van der Waals surface area contributed by atoms with E-state index < -0.39 is 0 Å². The summed E-state index contributed by atoms with van der Waals surface area (Å²) in [6.07, 6.45) is 2.36. The Kier molecular flexibility index (Phi) is 8.25. The Labute approximate surface area is 162 Å². The van der Waals surface area contributed by atoms with Gasteiger partial charge in [0, 0.05) is 19.1 Å². The molecule has 6 heteroatoms. The van der Waals surface area contributed by atoms with Crippen LogP contribution < -0.4 is 5.32 Å². The Morgan fingerprint density at radius 2 is 1.96 bits per heavy atom. The first kappa shape index (κ1) is 21.4. The van der Waals surface area contributed by atoms with Crippen LogP contribution in [-0.4, -0.2) is 47.9 Å². The van der Waals surface area contributed by atoms with Crippen molar-refractivity contribution in [3.63, 3.8) is 0 Å². The molecule has 1 aromatic heterocycles. The van der Waals surface area contributed by atoms with Crippen molar-refractivity contribution in [1.29, 1.82) is 0 Å². The molecule has 3 rings (SSSR count). The zero-order valence-electron chi connectivity index (χ0n) is 17.0. The summed E-state index contributed by atoms with van der Waals surface area (Å²) in [5.41, 5.74) is 2.03. The maximum absolute atomic E-state index is 9.60. The molecule has 0 saturated carbocycles. The van der Waals surface area contributed by atoms with Gasteiger partial charge in [-0.1, -0.05) is 12.1 Å². The number of ether oxygens (including phenoxy) is 2. The van der Waals surface area contributed by atoms with Crippen LogP contribution in [0.2, 0.25) is 0 Å². The topological polar surface area (TPSA) is 65.4 Å². The number of para-hydroxylation sites is 2. The minimum absolute atomic E-state index is 0.318. The molecule has 0 unspecified atom stereocenters. The SMILES string of the molecule is CC(C)(C)OC=O.CCOCCn1c(C2CCNCC2)nc2ccccc21. The molecule has 0 bridgehead atoms. The second kappa shape index (κ2) is 10.4. The van der Waals surface area contributed by atoms with Gasteiger partial charge in [-0.3, -0.25) is 4.79 Å². The first-order valence-electron chi connectivity index (χ1n) is 9.81. The predicted octanol–water partition coefficient (Wildman–Crippen LogP) is 3.50. The minimum Gasteiger partial charge on any atom is -0.462 e. The van der Waals surface area contributed by atoms with E-state index in [2.05, 4.69) is 38.9 Å². The van der Waals surface area contributed by atoms with Crippen LogP contribution in [0.3, 0.4) is 0 Å². The summed E-state index contributed by atoms with van der Waals surface area (Å²) in [5, 5.41) is 3.43. The third-order valence-corrected chi connectivity index (χ3v) is 4.45. The molecule has 1 aliphatic rings. The molecule has 150 valence electrons. The second-order valence-corrected chi connectivity index (χ2v) is 7.66. The molecule has 0 atom stereocenters. The number of hydrogen-bond acceptors (Lipinski definition) is 5. The van der Waals surface area contributed by atoms with Gasteiger partial charge in [0.05, 0.1) is 17.6 Å². The highest BCUT2D eigenvalue weighted by Gasteiger charge is 2.22. The van der Waals surface area contributed by atoms with E-state index in [1.807, 2.05) is 27.7 Å². The Hall–Kier alpha value is -1.92. The number of piperidine rings is 1. The molecular formula is C21H33N3O3. The molecule has 1 saturated heterocycles. The highest BCUT2D eigenvalue weighted by atomic mass is 16.5. The Morgan fingerprint density at radius 1 is 1.26 bits per heavy atom. The molecule has 2 heterocycles. The average Bonchev–Trinajstić information content (AvgIpc) is 3.01. The molecule has 1 aliphatic heterocycles. The Balaban J connectivity index is 0.000000321. The van der Waals surface area contributed by atoms with E-state index in [0.29, 0.717) is 12.4 Å². The van der Waals surface area contributed by atoms with Crippen LogP contribution in [0.1, 0.15) is 52.3 Å². The molecule has 0 radical (unpaired) electrons. The van der Waals surface area contributed by atoms with Gasteiger partial charge < -0.3 is 19.4 Å². The first-order valence-corrected chi connectivity index (χ1v) is 9.81. The summed E-state index contributed by atoms with van der Waals surface area (Å²) in [5.74, 6) is 1.82. The van der Waals surface area contributed by atoms with E-state index in [1.165, 1.54) is 24.2 Å². The van der Waals surface area contributed by atoms with Crippen molar-refractivity contribution in [3.05, 3.63) is 30.1 Å². The van der Waals surface area contributed by atoms with E-state index in [0.717, 1.165) is 38.4 Å². The predicted molar refractivity (Wildman–Crippen MR) is 108 cm³/mol. The molecule has 0 spiro atoms. The summed E-state index contributed by atoms with van der Waals surface area (Å²) in [6.45, 7) is 12.6. The summed E-state index contributed by atoms with van der Waals surface area (Å²) in [6, 6.07) is 8.43. The van der Waals surface area contributed by atoms with Crippen LogP contribution in [0.25, 0.3) is 11.0 Å². The van der Waals surface area contributed by atoms with E-state index in [1.54, 1.807) is 0 Å². The third-order valence-electron chi connectivity index (χ3n) is 4.45. The van der Waals surface area contributed by atoms with Gasteiger partial charge in [0.15, 0.2) is 0 Å². The average molecular weight is 376 g/mol. The fourth-order valence-electron chi connectivity index (χ4n) is 3.17. The van der Waals surface area contributed by atoms with Gasteiger partial charge in [-0.2, -0.15) is 0 Å².